The predicted octanol–water partition coefficient (Wildman–Crippen LogP) is 9.23. The van der Waals surface area contributed by atoms with Gasteiger partial charge >= 0.3 is 0 Å². The van der Waals surface area contributed by atoms with Gasteiger partial charge in [0.15, 0.2) is 0 Å². The fourth-order valence-corrected chi connectivity index (χ4v) is 6.82. The van der Waals surface area contributed by atoms with Crippen LogP contribution in [0.4, 0.5) is 0 Å². The predicted molar refractivity (Wildman–Crippen MR) is 193 cm³/mol. The number of ether oxygens (including phenoxy) is 5. The summed E-state index contributed by atoms with van der Waals surface area (Å²) in [6, 6.07) is 34.6. The molecule has 0 saturated heterocycles. The largest absolute Gasteiger partial charge is 0.497 e. The molecule has 0 aliphatic rings. The molecule has 0 saturated carbocycles. The maximum absolute atomic E-state index is 13.4. The van der Waals surface area contributed by atoms with Gasteiger partial charge < -0.3 is 23.7 Å². The van der Waals surface area contributed by atoms with E-state index in [4.69, 9.17) is 30.1 Å². The summed E-state index contributed by atoms with van der Waals surface area (Å²) in [6.45, 7) is 1.85. The zero-order chi connectivity index (χ0) is 36.9. The highest BCUT2D eigenvalue weighted by Gasteiger charge is 2.21. The highest BCUT2D eigenvalue weighted by atomic mass is 32.2. The molecule has 0 heterocycles. The molecule has 0 aliphatic heterocycles. The van der Waals surface area contributed by atoms with E-state index < -0.39 is 24.9 Å². The van der Waals surface area contributed by atoms with E-state index in [2.05, 4.69) is 5.92 Å². The van der Waals surface area contributed by atoms with E-state index in [0.29, 0.717) is 34.3 Å². The van der Waals surface area contributed by atoms with Crippen molar-refractivity contribution in [3.8, 4) is 64.1 Å². The first-order valence-corrected chi connectivity index (χ1v) is 18.4. The summed E-state index contributed by atoms with van der Waals surface area (Å²) in [4.78, 5) is -0.554. The minimum Gasteiger partial charge on any atom is -0.497 e. The molecule has 0 spiro atoms. The average Bonchev–Trinajstić information content (AvgIpc) is 3.13. The van der Waals surface area contributed by atoms with Gasteiger partial charge in [-0.1, -0.05) is 12.0 Å². The van der Waals surface area contributed by atoms with Gasteiger partial charge in [-0.3, -0.25) is 4.55 Å². The Hall–Kier alpha value is -6.26. The van der Waals surface area contributed by atoms with E-state index >= 15 is 0 Å². The van der Waals surface area contributed by atoms with Gasteiger partial charge in [-0.05, 0) is 134 Å². The number of rotatable bonds is 12. The first-order chi connectivity index (χ1) is 24.9. The second kappa shape index (κ2) is 14.9. The van der Waals surface area contributed by atoms with Crippen LogP contribution in [0.2, 0.25) is 0 Å². The van der Waals surface area contributed by atoms with Crippen molar-refractivity contribution < 1.29 is 45.1 Å². The molecule has 0 radical (unpaired) electrons. The first kappa shape index (κ1) is 35.6. The number of benzene rings is 6. The van der Waals surface area contributed by atoms with Crippen molar-refractivity contribution in [3.05, 3.63) is 145 Å². The topological polar surface area (TPSA) is 135 Å². The summed E-state index contributed by atoms with van der Waals surface area (Å²) in [6.07, 6.45) is 5.56. The number of aryl methyl sites for hydroxylation is 1. The van der Waals surface area contributed by atoms with Gasteiger partial charge in [-0.25, -0.2) is 8.42 Å². The van der Waals surface area contributed by atoms with Crippen LogP contribution in [0.5, 0.6) is 51.7 Å². The van der Waals surface area contributed by atoms with Crippen molar-refractivity contribution in [3.63, 3.8) is 0 Å². The number of methoxy groups -OCH3 is 1. The molecule has 0 aromatic heterocycles. The molecule has 6 aromatic rings. The minimum atomic E-state index is -4.76. The molecule has 0 unspecified atom stereocenters. The zero-order valence-electron chi connectivity index (χ0n) is 27.7. The van der Waals surface area contributed by atoms with Crippen molar-refractivity contribution in [2.45, 2.75) is 21.6 Å². The molecule has 6 aromatic carbocycles. The summed E-state index contributed by atoms with van der Waals surface area (Å²) in [7, 11) is -7.10. The van der Waals surface area contributed by atoms with Gasteiger partial charge in [0.1, 0.15) is 56.6 Å². The number of hydrogen-bond donors (Lipinski definition) is 1. The molecule has 0 atom stereocenters. The average molecular weight is 735 g/mol. The second-order valence-corrected chi connectivity index (χ2v) is 14.6. The molecule has 0 bridgehead atoms. The highest BCUT2D eigenvalue weighted by Crippen LogP contribution is 2.36. The van der Waals surface area contributed by atoms with Crippen molar-refractivity contribution in [2.75, 3.05) is 7.11 Å². The molecule has 0 fully saturated rings. The van der Waals surface area contributed by atoms with Gasteiger partial charge in [0, 0.05) is 6.07 Å². The number of terminal acetylenes is 1. The van der Waals surface area contributed by atoms with E-state index in [1.165, 1.54) is 48.5 Å². The Balaban J connectivity index is 1.12. The van der Waals surface area contributed by atoms with Gasteiger partial charge in [-0.2, -0.15) is 8.42 Å². The lowest BCUT2D eigenvalue weighted by molar-refractivity contribution is 0.413. The van der Waals surface area contributed by atoms with Gasteiger partial charge in [-0.15, -0.1) is 6.42 Å². The van der Waals surface area contributed by atoms with Crippen LogP contribution in [0.3, 0.4) is 0 Å². The van der Waals surface area contributed by atoms with Crippen LogP contribution < -0.4 is 23.7 Å². The summed E-state index contributed by atoms with van der Waals surface area (Å²) in [5.41, 5.74) is 1.33. The zero-order valence-corrected chi connectivity index (χ0v) is 29.3. The van der Waals surface area contributed by atoms with E-state index in [9.17, 15) is 21.4 Å². The Labute approximate surface area is 301 Å². The smallest absolute Gasteiger partial charge is 0.298 e. The Kier molecular flexibility index (Phi) is 10.2. The van der Waals surface area contributed by atoms with Crippen molar-refractivity contribution in [1.82, 2.24) is 0 Å². The fraction of sp³-hybridized carbons (Fsp3) is 0.0500. The molecule has 1 N–H and O–H groups in total. The van der Waals surface area contributed by atoms with Crippen LogP contribution in [0.1, 0.15) is 11.1 Å². The van der Waals surface area contributed by atoms with Crippen LogP contribution >= 0.6 is 0 Å². The SMILES string of the molecule is C#Cc1ccc(C)cc1Oc1ccc(Oc2ccc(S(=O)(=O)c3ccc(Oc4ccc(Oc5ccc(OC)cc5)cc4)cc3)cc2)c(S(=O)(=O)O)c1. The fourth-order valence-electron chi connectivity index (χ4n) is 4.93. The third-order valence-electron chi connectivity index (χ3n) is 7.56. The molecule has 52 heavy (non-hydrogen) atoms. The normalized spacial score (nSPS) is 11.3. The van der Waals surface area contributed by atoms with Crippen molar-refractivity contribution in [1.29, 1.82) is 0 Å². The summed E-state index contributed by atoms with van der Waals surface area (Å²) < 4.78 is 89.7. The Bertz CT molecular complexity index is 2470. The number of hydrogen-bond acceptors (Lipinski definition) is 9. The van der Waals surface area contributed by atoms with Gasteiger partial charge in [0.25, 0.3) is 10.1 Å². The third kappa shape index (κ3) is 8.36. The van der Waals surface area contributed by atoms with Crippen LogP contribution in [0.25, 0.3) is 0 Å². The molecule has 12 heteroatoms. The summed E-state index contributed by atoms with van der Waals surface area (Å²) in [5.74, 6) is 5.77. The van der Waals surface area contributed by atoms with E-state index in [-0.39, 0.29) is 27.0 Å². The monoisotopic (exact) mass is 734 g/mol. The number of sulfone groups is 1. The maximum Gasteiger partial charge on any atom is 0.298 e. The van der Waals surface area contributed by atoms with Crippen LogP contribution in [0, 0.1) is 19.3 Å². The van der Waals surface area contributed by atoms with E-state index in [1.54, 1.807) is 79.9 Å². The molecular formula is C40H30O10S2. The van der Waals surface area contributed by atoms with Gasteiger partial charge in [0.05, 0.1) is 22.5 Å². The Morgan fingerprint density at radius 1 is 0.519 bits per heavy atom. The van der Waals surface area contributed by atoms with Gasteiger partial charge in [0.2, 0.25) is 9.84 Å². The first-order valence-electron chi connectivity index (χ1n) is 15.5. The maximum atomic E-state index is 13.4. The Morgan fingerprint density at radius 3 is 1.40 bits per heavy atom. The van der Waals surface area contributed by atoms with E-state index in [1.807, 2.05) is 13.0 Å². The van der Waals surface area contributed by atoms with Crippen molar-refractivity contribution in [2.24, 2.45) is 0 Å². The molecule has 0 amide bonds. The lowest BCUT2D eigenvalue weighted by Gasteiger charge is -2.13. The van der Waals surface area contributed by atoms with Crippen molar-refractivity contribution >= 4 is 20.0 Å². The minimum absolute atomic E-state index is 0.0257. The molecular weight excluding hydrogens is 705 g/mol. The lowest BCUT2D eigenvalue weighted by atomic mass is 10.1. The van der Waals surface area contributed by atoms with Crippen LogP contribution in [-0.4, -0.2) is 28.5 Å². The third-order valence-corrected chi connectivity index (χ3v) is 10.2. The second-order valence-electron chi connectivity index (χ2n) is 11.2. The summed E-state index contributed by atoms with van der Waals surface area (Å²) >= 11 is 0. The Morgan fingerprint density at radius 2 is 0.942 bits per heavy atom. The van der Waals surface area contributed by atoms with Crippen LogP contribution in [-0.2, 0) is 20.0 Å². The highest BCUT2D eigenvalue weighted by molar-refractivity contribution is 7.91. The molecule has 262 valence electrons. The molecule has 6 rings (SSSR count). The summed E-state index contributed by atoms with van der Waals surface area (Å²) in [5, 5.41) is 0. The standard InChI is InChI=1S/C40H30O10S2/c1-4-28-6-5-27(2)25-39(28)50-35-19-24-38(40(26-35)52(43,44)45)49-34-17-22-37(23-18-34)51(41,42)36-20-15-33(16-21-36)48-32-13-11-31(12-14-32)47-30-9-7-29(46-3)8-10-30/h1,5-26H,2-3H3,(H,43,44,45). The van der Waals surface area contributed by atoms with E-state index in [0.717, 1.165) is 17.4 Å². The molecule has 0 aliphatic carbocycles. The molecule has 10 nitrogen and oxygen atoms in total. The quantitative estimate of drug-likeness (QED) is 0.0958. The van der Waals surface area contributed by atoms with Crippen LogP contribution in [0.15, 0.2) is 148 Å². The lowest BCUT2D eigenvalue weighted by Crippen LogP contribution is -2.03.